The predicted octanol–water partition coefficient (Wildman–Crippen LogP) is -1.35. The summed E-state index contributed by atoms with van der Waals surface area (Å²) in [6.45, 7) is 2.04. The van der Waals surface area contributed by atoms with Crippen molar-refractivity contribution in [2.24, 2.45) is 5.73 Å². The van der Waals surface area contributed by atoms with Crippen LogP contribution in [0.3, 0.4) is 0 Å². The summed E-state index contributed by atoms with van der Waals surface area (Å²) < 4.78 is 5.06. The van der Waals surface area contributed by atoms with Crippen molar-refractivity contribution in [1.29, 1.82) is 0 Å². The average Bonchev–Trinajstić information content (AvgIpc) is 2.45. The van der Waals surface area contributed by atoms with Crippen molar-refractivity contribution in [3.05, 3.63) is 0 Å². The van der Waals surface area contributed by atoms with Gasteiger partial charge in [0.1, 0.15) is 12.2 Å². The monoisotopic (exact) mass is 235 g/mol. The molecule has 1 aliphatic heterocycles. The second kappa shape index (κ2) is 5.39. The molecule has 1 rings (SSSR count). The molecule has 0 aromatic rings. The molecule has 6 N–H and O–H groups in total. The van der Waals surface area contributed by atoms with Crippen molar-refractivity contribution >= 4 is 0 Å². The molecule has 1 saturated heterocycles. The molecule has 0 aromatic heterocycles. The summed E-state index contributed by atoms with van der Waals surface area (Å²) >= 11 is 0. The summed E-state index contributed by atoms with van der Waals surface area (Å²) in [6, 6.07) is 0. The van der Waals surface area contributed by atoms with E-state index in [1.807, 2.05) is 6.92 Å². The molecule has 0 bridgehead atoms. The van der Waals surface area contributed by atoms with Crippen LogP contribution in [-0.4, -0.2) is 50.8 Å². The maximum atomic E-state index is 9.73. The molecule has 0 spiro atoms. The van der Waals surface area contributed by atoms with Gasteiger partial charge in [-0.15, -0.1) is 0 Å². The third-order valence-corrected chi connectivity index (χ3v) is 2.98. The minimum Gasteiger partial charge on any atom is -0.387 e. The molecule has 1 fully saturated rings. The van der Waals surface area contributed by atoms with Gasteiger partial charge < -0.3 is 30.9 Å². The summed E-state index contributed by atoms with van der Waals surface area (Å²) in [5.74, 6) is -2.27. The van der Waals surface area contributed by atoms with Crippen LogP contribution in [0.15, 0.2) is 0 Å². The molecule has 0 amide bonds. The first kappa shape index (κ1) is 13.8. The second-order valence-corrected chi connectivity index (χ2v) is 4.28. The minimum atomic E-state index is -2.27. The van der Waals surface area contributed by atoms with Gasteiger partial charge in [0.25, 0.3) is 0 Å². The summed E-state index contributed by atoms with van der Waals surface area (Å²) in [4.78, 5) is 0. The Labute approximate surface area is 94.6 Å². The lowest BCUT2D eigenvalue weighted by atomic mass is 10.0. The van der Waals surface area contributed by atoms with Crippen LogP contribution in [-0.2, 0) is 4.74 Å². The fourth-order valence-electron chi connectivity index (χ4n) is 1.90. The zero-order valence-electron chi connectivity index (χ0n) is 9.41. The third kappa shape index (κ3) is 2.53. The van der Waals surface area contributed by atoms with Gasteiger partial charge in [-0.05, 0) is 6.42 Å². The molecule has 6 heteroatoms. The second-order valence-electron chi connectivity index (χ2n) is 4.28. The van der Waals surface area contributed by atoms with Crippen LogP contribution in [0.5, 0.6) is 0 Å². The number of hydrogen-bond acceptors (Lipinski definition) is 6. The number of unbranched alkanes of at least 4 members (excludes halogenated alkanes) is 2. The average molecular weight is 235 g/mol. The molecular formula is C10H21NO5. The molecule has 0 saturated carbocycles. The quantitative estimate of drug-likeness (QED) is 0.297. The lowest BCUT2D eigenvalue weighted by Crippen LogP contribution is -2.56. The summed E-state index contributed by atoms with van der Waals surface area (Å²) in [6.07, 6.45) is -1.90. The van der Waals surface area contributed by atoms with E-state index in [1.54, 1.807) is 0 Å². The highest BCUT2D eigenvalue weighted by molar-refractivity contribution is 4.97. The van der Waals surface area contributed by atoms with Crippen molar-refractivity contribution in [1.82, 2.24) is 0 Å². The molecule has 96 valence electrons. The first-order chi connectivity index (χ1) is 7.43. The van der Waals surface area contributed by atoms with Crippen molar-refractivity contribution in [3.63, 3.8) is 0 Å². The van der Waals surface area contributed by atoms with E-state index >= 15 is 0 Å². The SMILES string of the molecule is CCCCC[C@H]1OC(O)(C(N)O)[C@@H](O)[C@@H]1O. The van der Waals surface area contributed by atoms with Crippen molar-refractivity contribution < 1.29 is 25.2 Å². The third-order valence-electron chi connectivity index (χ3n) is 2.98. The number of rotatable bonds is 5. The Morgan fingerprint density at radius 3 is 2.44 bits per heavy atom. The Morgan fingerprint density at radius 2 is 2.00 bits per heavy atom. The highest BCUT2D eigenvalue weighted by Crippen LogP contribution is 2.32. The van der Waals surface area contributed by atoms with E-state index in [2.05, 4.69) is 0 Å². The van der Waals surface area contributed by atoms with E-state index in [1.165, 1.54) is 0 Å². The molecule has 6 nitrogen and oxygen atoms in total. The maximum absolute atomic E-state index is 9.73. The number of aliphatic hydroxyl groups is 4. The normalized spacial score (nSPS) is 41.2. The molecule has 1 heterocycles. The van der Waals surface area contributed by atoms with E-state index < -0.39 is 30.3 Å². The standard InChI is InChI=1S/C10H21NO5/c1-2-3-4-5-6-7(12)8(13)10(15,16-6)9(11)14/h6-9,12-15H,2-5,11H2,1H3/t6-,7-,8+,9?,10?/m1/s1. The molecule has 5 atom stereocenters. The number of ether oxygens (including phenoxy) is 1. The Hall–Kier alpha value is -0.240. The van der Waals surface area contributed by atoms with Gasteiger partial charge in [0.15, 0.2) is 6.23 Å². The fraction of sp³-hybridized carbons (Fsp3) is 1.00. The van der Waals surface area contributed by atoms with E-state index in [0.29, 0.717) is 6.42 Å². The predicted molar refractivity (Wildman–Crippen MR) is 56.2 cm³/mol. The molecule has 1 aliphatic rings. The Morgan fingerprint density at radius 1 is 1.38 bits per heavy atom. The van der Waals surface area contributed by atoms with Crippen LogP contribution in [0.25, 0.3) is 0 Å². The Balaban J connectivity index is 2.57. The van der Waals surface area contributed by atoms with E-state index in [-0.39, 0.29) is 0 Å². The Bertz CT molecular complexity index is 225. The van der Waals surface area contributed by atoms with E-state index in [0.717, 1.165) is 19.3 Å². The Kier molecular flexibility index (Phi) is 4.66. The molecule has 0 aromatic carbocycles. The summed E-state index contributed by atoms with van der Waals surface area (Å²) in [5, 5.41) is 38.0. The lowest BCUT2D eigenvalue weighted by molar-refractivity contribution is -0.275. The first-order valence-corrected chi connectivity index (χ1v) is 5.63. The van der Waals surface area contributed by atoms with Gasteiger partial charge in [-0.25, -0.2) is 0 Å². The van der Waals surface area contributed by atoms with Gasteiger partial charge in [-0.2, -0.15) is 0 Å². The smallest absolute Gasteiger partial charge is 0.235 e. The molecular weight excluding hydrogens is 214 g/mol. The largest absolute Gasteiger partial charge is 0.387 e. The minimum absolute atomic E-state index is 0.515. The van der Waals surface area contributed by atoms with E-state index in [9.17, 15) is 15.3 Å². The zero-order valence-corrected chi connectivity index (χ0v) is 9.41. The van der Waals surface area contributed by atoms with Gasteiger partial charge >= 0.3 is 0 Å². The van der Waals surface area contributed by atoms with Crippen LogP contribution in [0.2, 0.25) is 0 Å². The lowest BCUT2D eigenvalue weighted by Gasteiger charge is -2.28. The van der Waals surface area contributed by atoms with Crippen molar-refractivity contribution in [2.75, 3.05) is 0 Å². The topological polar surface area (TPSA) is 116 Å². The highest BCUT2D eigenvalue weighted by Gasteiger charge is 2.56. The van der Waals surface area contributed by atoms with Crippen LogP contribution < -0.4 is 5.73 Å². The van der Waals surface area contributed by atoms with Crippen molar-refractivity contribution in [2.45, 2.75) is 62.9 Å². The van der Waals surface area contributed by atoms with Gasteiger partial charge in [0, 0.05) is 0 Å². The van der Waals surface area contributed by atoms with Crippen LogP contribution in [0, 0.1) is 0 Å². The number of nitrogens with two attached hydrogens (primary N) is 1. The highest BCUT2D eigenvalue weighted by atomic mass is 16.7. The number of hydrogen-bond donors (Lipinski definition) is 5. The summed E-state index contributed by atoms with van der Waals surface area (Å²) in [5.41, 5.74) is 5.11. The fourth-order valence-corrected chi connectivity index (χ4v) is 1.90. The zero-order chi connectivity index (χ0) is 12.3. The van der Waals surface area contributed by atoms with Crippen molar-refractivity contribution in [3.8, 4) is 0 Å². The van der Waals surface area contributed by atoms with E-state index in [4.69, 9.17) is 15.6 Å². The van der Waals surface area contributed by atoms with Gasteiger partial charge in [0.05, 0.1) is 6.10 Å². The maximum Gasteiger partial charge on any atom is 0.235 e. The van der Waals surface area contributed by atoms with Crippen LogP contribution in [0.4, 0.5) is 0 Å². The van der Waals surface area contributed by atoms with Gasteiger partial charge in [-0.3, -0.25) is 0 Å². The number of aliphatic hydroxyl groups excluding tert-OH is 3. The molecule has 0 aliphatic carbocycles. The first-order valence-electron chi connectivity index (χ1n) is 5.63. The molecule has 16 heavy (non-hydrogen) atoms. The van der Waals surface area contributed by atoms with Gasteiger partial charge in [0.2, 0.25) is 5.79 Å². The van der Waals surface area contributed by atoms with Crippen LogP contribution in [0.1, 0.15) is 32.6 Å². The van der Waals surface area contributed by atoms with Gasteiger partial charge in [-0.1, -0.05) is 26.2 Å². The molecule has 0 radical (unpaired) electrons. The molecule has 2 unspecified atom stereocenters. The van der Waals surface area contributed by atoms with Crippen LogP contribution >= 0.6 is 0 Å². The summed E-state index contributed by atoms with van der Waals surface area (Å²) in [7, 11) is 0.